The first-order valence-electron chi connectivity index (χ1n) is 7.09. The van der Waals surface area contributed by atoms with Crippen molar-refractivity contribution in [3.8, 4) is 0 Å². The van der Waals surface area contributed by atoms with Crippen molar-refractivity contribution < 1.29 is 19.5 Å². The molecule has 20 heavy (non-hydrogen) atoms. The molecule has 2 heterocycles. The first-order valence-corrected chi connectivity index (χ1v) is 7.09. The lowest BCUT2D eigenvalue weighted by molar-refractivity contribution is -0.141. The summed E-state index contributed by atoms with van der Waals surface area (Å²) >= 11 is 0. The molecule has 0 aromatic rings. The van der Waals surface area contributed by atoms with Crippen LogP contribution < -0.4 is 5.32 Å². The summed E-state index contributed by atoms with van der Waals surface area (Å²) in [5.41, 5.74) is 0. The maximum Gasteiger partial charge on any atom is 0.326 e. The van der Waals surface area contributed by atoms with Gasteiger partial charge in [-0.15, -0.1) is 0 Å². The molecule has 3 amide bonds. The third kappa shape index (κ3) is 3.02. The molecule has 0 aromatic heterocycles. The van der Waals surface area contributed by atoms with Gasteiger partial charge in [-0.2, -0.15) is 0 Å². The molecule has 0 bridgehead atoms. The average Bonchev–Trinajstić information content (AvgIpc) is 3.08. The number of urea groups is 1. The van der Waals surface area contributed by atoms with Crippen LogP contribution in [0.2, 0.25) is 0 Å². The van der Waals surface area contributed by atoms with Gasteiger partial charge in [-0.25, -0.2) is 9.59 Å². The Hall–Kier alpha value is -1.79. The molecule has 2 N–H and O–H groups in total. The molecule has 0 aromatic carbocycles. The van der Waals surface area contributed by atoms with E-state index in [9.17, 15) is 14.4 Å². The zero-order valence-corrected chi connectivity index (χ0v) is 11.7. The minimum absolute atomic E-state index is 0.0954. The van der Waals surface area contributed by atoms with Crippen LogP contribution in [0.5, 0.6) is 0 Å². The molecule has 7 nitrogen and oxygen atoms in total. The Morgan fingerprint density at radius 2 is 1.80 bits per heavy atom. The van der Waals surface area contributed by atoms with Gasteiger partial charge in [0, 0.05) is 19.6 Å². The van der Waals surface area contributed by atoms with Crippen LogP contribution in [-0.2, 0) is 9.59 Å². The summed E-state index contributed by atoms with van der Waals surface area (Å²) in [7, 11) is 0. The molecule has 112 valence electrons. The SMILES string of the molecule is CC(NC(=O)N1CCC[C@@H]1C(=O)O)C(=O)N1CCCC1. The van der Waals surface area contributed by atoms with Gasteiger partial charge >= 0.3 is 12.0 Å². The van der Waals surface area contributed by atoms with E-state index < -0.39 is 24.1 Å². The number of nitrogens with one attached hydrogen (secondary N) is 1. The van der Waals surface area contributed by atoms with Crippen LogP contribution in [0.4, 0.5) is 4.79 Å². The van der Waals surface area contributed by atoms with Gasteiger partial charge in [0.2, 0.25) is 5.91 Å². The number of aliphatic carboxylic acids is 1. The molecular formula is C13H21N3O4. The first-order chi connectivity index (χ1) is 9.50. The van der Waals surface area contributed by atoms with E-state index >= 15 is 0 Å². The zero-order valence-electron chi connectivity index (χ0n) is 11.7. The van der Waals surface area contributed by atoms with Crippen molar-refractivity contribution >= 4 is 17.9 Å². The number of carbonyl (C=O) groups excluding carboxylic acids is 2. The fourth-order valence-corrected chi connectivity index (χ4v) is 2.81. The Kier molecular flexibility index (Phi) is 4.46. The molecule has 2 fully saturated rings. The number of amides is 3. The second-order valence-corrected chi connectivity index (χ2v) is 5.39. The number of hydrogen-bond donors (Lipinski definition) is 2. The Morgan fingerprint density at radius 1 is 1.15 bits per heavy atom. The lowest BCUT2D eigenvalue weighted by Gasteiger charge is -2.26. The van der Waals surface area contributed by atoms with Crippen LogP contribution in [0.25, 0.3) is 0 Å². The topological polar surface area (TPSA) is 90.0 Å². The summed E-state index contributed by atoms with van der Waals surface area (Å²) in [4.78, 5) is 38.2. The van der Waals surface area contributed by atoms with Gasteiger partial charge in [-0.1, -0.05) is 0 Å². The van der Waals surface area contributed by atoms with Crippen LogP contribution in [0.15, 0.2) is 0 Å². The summed E-state index contributed by atoms with van der Waals surface area (Å²) in [6.07, 6.45) is 3.15. The van der Waals surface area contributed by atoms with Gasteiger partial charge in [0.1, 0.15) is 12.1 Å². The summed E-state index contributed by atoms with van der Waals surface area (Å²) < 4.78 is 0. The Balaban J connectivity index is 1.90. The number of nitrogens with zero attached hydrogens (tertiary/aromatic N) is 2. The minimum atomic E-state index is -0.990. The molecule has 7 heteroatoms. The number of carboxylic acid groups (broad SMARTS) is 1. The maximum atomic E-state index is 12.1. The van der Waals surface area contributed by atoms with Crippen LogP contribution >= 0.6 is 0 Å². The molecule has 2 aliphatic heterocycles. The van der Waals surface area contributed by atoms with Crippen molar-refractivity contribution in [2.75, 3.05) is 19.6 Å². The fourth-order valence-electron chi connectivity index (χ4n) is 2.81. The lowest BCUT2D eigenvalue weighted by Crippen LogP contribution is -2.52. The molecule has 1 unspecified atom stereocenters. The highest BCUT2D eigenvalue weighted by Crippen LogP contribution is 2.17. The first kappa shape index (κ1) is 14.6. The van der Waals surface area contributed by atoms with Crippen molar-refractivity contribution in [2.45, 2.75) is 44.7 Å². The van der Waals surface area contributed by atoms with Crippen LogP contribution in [0.3, 0.4) is 0 Å². The highest BCUT2D eigenvalue weighted by atomic mass is 16.4. The van der Waals surface area contributed by atoms with Crippen molar-refractivity contribution in [3.05, 3.63) is 0 Å². The van der Waals surface area contributed by atoms with E-state index in [1.807, 2.05) is 0 Å². The van der Waals surface area contributed by atoms with E-state index in [4.69, 9.17) is 5.11 Å². The molecule has 2 aliphatic rings. The van der Waals surface area contributed by atoms with E-state index in [-0.39, 0.29) is 5.91 Å². The second-order valence-electron chi connectivity index (χ2n) is 5.39. The predicted molar refractivity (Wildman–Crippen MR) is 71.2 cm³/mol. The molecule has 0 aliphatic carbocycles. The highest BCUT2D eigenvalue weighted by Gasteiger charge is 2.35. The number of likely N-dealkylation sites (tertiary alicyclic amines) is 2. The molecular weight excluding hydrogens is 262 g/mol. The fraction of sp³-hybridized carbons (Fsp3) is 0.769. The molecule has 0 saturated carbocycles. The second kappa shape index (κ2) is 6.11. The van der Waals surface area contributed by atoms with Gasteiger partial charge in [-0.05, 0) is 32.6 Å². The quantitative estimate of drug-likeness (QED) is 0.777. The monoisotopic (exact) mass is 283 g/mol. The number of carbonyl (C=O) groups is 3. The van der Waals surface area contributed by atoms with E-state index in [2.05, 4.69) is 5.32 Å². The smallest absolute Gasteiger partial charge is 0.326 e. The van der Waals surface area contributed by atoms with Crippen molar-refractivity contribution in [1.29, 1.82) is 0 Å². The van der Waals surface area contributed by atoms with Gasteiger partial charge < -0.3 is 20.2 Å². The minimum Gasteiger partial charge on any atom is -0.480 e. The van der Waals surface area contributed by atoms with Crippen molar-refractivity contribution in [1.82, 2.24) is 15.1 Å². The van der Waals surface area contributed by atoms with Crippen LogP contribution in [0.1, 0.15) is 32.6 Å². The zero-order chi connectivity index (χ0) is 14.7. The normalized spacial score (nSPS) is 23.8. The Morgan fingerprint density at radius 3 is 2.40 bits per heavy atom. The lowest BCUT2D eigenvalue weighted by atomic mass is 10.2. The summed E-state index contributed by atoms with van der Waals surface area (Å²) in [5.74, 6) is -1.09. The Bertz CT molecular complexity index is 406. The van der Waals surface area contributed by atoms with E-state index in [1.165, 1.54) is 4.90 Å². The largest absolute Gasteiger partial charge is 0.480 e. The summed E-state index contributed by atoms with van der Waals surface area (Å²) in [6, 6.07) is -1.85. The molecule has 0 spiro atoms. The van der Waals surface area contributed by atoms with Crippen LogP contribution in [0, 0.1) is 0 Å². The summed E-state index contributed by atoms with van der Waals surface area (Å²) in [5, 5.41) is 11.7. The third-order valence-electron chi connectivity index (χ3n) is 3.93. The molecule has 2 saturated heterocycles. The van der Waals surface area contributed by atoms with E-state index in [1.54, 1.807) is 11.8 Å². The predicted octanol–water partition coefficient (Wildman–Crippen LogP) is 0.256. The van der Waals surface area contributed by atoms with Crippen LogP contribution in [-0.4, -0.2) is 64.5 Å². The molecule has 2 atom stereocenters. The van der Waals surface area contributed by atoms with Crippen molar-refractivity contribution in [2.24, 2.45) is 0 Å². The van der Waals surface area contributed by atoms with E-state index in [0.29, 0.717) is 19.4 Å². The number of rotatable bonds is 3. The number of hydrogen-bond acceptors (Lipinski definition) is 3. The standard InChI is InChI=1S/C13H21N3O4/c1-9(11(17)15-6-2-3-7-15)14-13(20)16-8-4-5-10(16)12(18)19/h9-10H,2-8H2,1H3,(H,14,20)(H,18,19)/t9?,10-/m1/s1. The van der Waals surface area contributed by atoms with Gasteiger partial charge in [-0.3, -0.25) is 4.79 Å². The Labute approximate surface area is 117 Å². The van der Waals surface area contributed by atoms with Gasteiger partial charge in [0.15, 0.2) is 0 Å². The molecule has 0 radical (unpaired) electrons. The number of carboxylic acids is 1. The van der Waals surface area contributed by atoms with E-state index in [0.717, 1.165) is 25.9 Å². The van der Waals surface area contributed by atoms with Crippen molar-refractivity contribution in [3.63, 3.8) is 0 Å². The highest BCUT2D eigenvalue weighted by molar-refractivity contribution is 5.89. The third-order valence-corrected chi connectivity index (χ3v) is 3.93. The summed E-state index contributed by atoms with van der Waals surface area (Å²) in [6.45, 7) is 3.54. The maximum absolute atomic E-state index is 12.1. The van der Waals surface area contributed by atoms with Gasteiger partial charge in [0.25, 0.3) is 0 Å². The molecule has 2 rings (SSSR count). The average molecular weight is 283 g/mol. The van der Waals surface area contributed by atoms with Gasteiger partial charge in [0.05, 0.1) is 0 Å².